The molecule has 1 rings (SSSR count). The molecule has 0 unspecified atom stereocenters. The van der Waals surface area contributed by atoms with Crippen LogP contribution in [0.5, 0.6) is 0 Å². The van der Waals surface area contributed by atoms with Gasteiger partial charge in [-0.05, 0) is 18.6 Å². The molecule has 0 amide bonds. The monoisotopic (exact) mass is 214 g/mol. The van der Waals surface area contributed by atoms with Crippen LogP contribution in [-0.4, -0.2) is 22.1 Å². The molecule has 0 aliphatic rings. The number of carbonyl (C=O) groups is 1. The van der Waals surface area contributed by atoms with E-state index in [1.54, 1.807) is 19.2 Å². The predicted octanol–water partition coefficient (Wildman–Crippen LogP) is 1.30. The number of aliphatic carboxylic acids is 1. The van der Waals surface area contributed by atoms with Gasteiger partial charge < -0.3 is 10.4 Å². The van der Waals surface area contributed by atoms with Gasteiger partial charge >= 0.3 is 5.97 Å². The Morgan fingerprint density at radius 1 is 1.79 bits per heavy atom. The molecule has 0 aliphatic heterocycles. The average molecular weight is 215 g/mol. The van der Waals surface area contributed by atoms with Crippen molar-refractivity contribution in [2.75, 3.05) is 0 Å². The molecule has 1 atom stereocenters. The number of hydrogen-bond donors (Lipinski definition) is 2. The normalized spacial score (nSPS) is 12.4. The quantitative estimate of drug-likeness (QED) is 0.793. The molecule has 1 heterocycles. The maximum absolute atomic E-state index is 10.5. The number of nitrogens with one attached hydrogen (secondary N) is 1. The zero-order valence-corrected chi connectivity index (χ0v) is 8.45. The molecule has 0 bridgehead atoms. The molecular formula is C9H11ClN2O2. The second-order valence-electron chi connectivity index (χ2n) is 2.91. The van der Waals surface area contributed by atoms with Crippen molar-refractivity contribution in [3.8, 4) is 0 Å². The molecule has 0 aliphatic carbocycles. The van der Waals surface area contributed by atoms with Gasteiger partial charge in [-0.15, -0.1) is 0 Å². The number of carboxylic acid groups (broad SMARTS) is 1. The fourth-order valence-electron chi connectivity index (χ4n) is 0.898. The van der Waals surface area contributed by atoms with Gasteiger partial charge in [0, 0.05) is 18.9 Å². The third kappa shape index (κ3) is 2.97. The van der Waals surface area contributed by atoms with Crippen molar-refractivity contribution in [3.05, 3.63) is 29.0 Å². The Morgan fingerprint density at radius 3 is 3.07 bits per heavy atom. The molecule has 76 valence electrons. The highest BCUT2D eigenvalue weighted by molar-refractivity contribution is 6.31. The lowest BCUT2D eigenvalue weighted by molar-refractivity contribution is -0.139. The first-order valence-electron chi connectivity index (χ1n) is 4.16. The van der Waals surface area contributed by atoms with Crippen molar-refractivity contribution < 1.29 is 9.90 Å². The minimum absolute atomic E-state index is 0.425. The van der Waals surface area contributed by atoms with E-state index in [0.717, 1.165) is 5.56 Å². The Balaban J connectivity index is 2.54. The van der Waals surface area contributed by atoms with Gasteiger partial charge in [-0.3, -0.25) is 9.78 Å². The zero-order valence-electron chi connectivity index (χ0n) is 7.70. The highest BCUT2D eigenvalue weighted by atomic mass is 35.5. The van der Waals surface area contributed by atoms with E-state index in [0.29, 0.717) is 11.6 Å². The van der Waals surface area contributed by atoms with Crippen molar-refractivity contribution in [1.82, 2.24) is 10.3 Å². The number of aromatic nitrogens is 1. The summed E-state index contributed by atoms with van der Waals surface area (Å²) in [4.78, 5) is 14.3. The Labute approximate surface area is 86.9 Å². The van der Waals surface area contributed by atoms with Crippen LogP contribution in [0.1, 0.15) is 12.5 Å². The molecule has 2 N–H and O–H groups in total. The summed E-state index contributed by atoms with van der Waals surface area (Å²) >= 11 is 5.84. The fraction of sp³-hybridized carbons (Fsp3) is 0.333. The molecule has 1 aromatic rings. The van der Waals surface area contributed by atoms with Crippen LogP contribution in [-0.2, 0) is 11.3 Å². The number of nitrogens with zero attached hydrogens (tertiary/aromatic N) is 1. The fourth-order valence-corrected chi connectivity index (χ4v) is 1.08. The third-order valence-electron chi connectivity index (χ3n) is 1.83. The molecular weight excluding hydrogens is 204 g/mol. The highest BCUT2D eigenvalue weighted by Gasteiger charge is 2.09. The Bertz CT molecular complexity index is 330. The summed E-state index contributed by atoms with van der Waals surface area (Å²) in [5.74, 6) is -0.879. The van der Waals surface area contributed by atoms with Gasteiger partial charge in [0.25, 0.3) is 0 Å². The van der Waals surface area contributed by atoms with Gasteiger partial charge in [-0.2, -0.15) is 0 Å². The van der Waals surface area contributed by atoms with Gasteiger partial charge in [0.05, 0.1) is 5.02 Å². The number of halogens is 1. The van der Waals surface area contributed by atoms with Crippen molar-refractivity contribution in [2.45, 2.75) is 19.5 Å². The van der Waals surface area contributed by atoms with Gasteiger partial charge in [0.2, 0.25) is 0 Å². The molecule has 0 fully saturated rings. The number of pyridine rings is 1. The van der Waals surface area contributed by atoms with Gasteiger partial charge in [-0.1, -0.05) is 11.6 Å². The summed E-state index contributed by atoms with van der Waals surface area (Å²) in [6.45, 7) is 2.01. The molecule has 0 spiro atoms. The topological polar surface area (TPSA) is 62.2 Å². The minimum Gasteiger partial charge on any atom is -0.480 e. The average Bonchev–Trinajstić information content (AvgIpc) is 2.16. The molecule has 0 aromatic carbocycles. The Hall–Kier alpha value is -1.13. The van der Waals surface area contributed by atoms with Crippen LogP contribution in [0.4, 0.5) is 0 Å². The van der Waals surface area contributed by atoms with Gasteiger partial charge in [0.1, 0.15) is 6.04 Å². The van der Waals surface area contributed by atoms with E-state index in [2.05, 4.69) is 10.3 Å². The van der Waals surface area contributed by atoms with Crippen molar-refractivity contribution >= 4 is 17.6 Å². The summed E-state index contributed by atoms with van der Waals surface area (Å²) < 4.78 is 0. The van der Waals surface area contributed by atoms with E-state index in [4.69, 9.17) is 16.7 Å². The standard InChI is InChI=1S/C9H11ClN2O2/c1-6(9(13)14)12-4-7-2-3-11-5-8(7)10/h2-3,5-6,12H,4H2,1H3,(H,13,14)/t6-/m1/s1. The van der Waals surface area contributed by atoms with Crippen molar-refractivity contribution in [2.24, 2.45) is 0 Å². The van der Waals surface area contributed by atoms with Crippen LogP contribution >= 0.6 is 11.6 Å². The maximum atomic E-state index is 10.5. The summed E-state index contributed by atoms with van der Waals surface area (Å²) in [5.41, 5.74) is 0.842. The molecule has 0 saturated heterocycles. The Kier molecular flexibility index (Phi) is 3.85. The number of carboxylic acids is 1. The van der Waals surface area contributed by atoms with E-state index in [-0.39, 0.29) is 0 Å². The second kappa shape index (κ2) is 4.93. The van der Waals surface area contributed by atoms with E-state index in [9.17, 15) is 4.79 Å². The van der Waals surface area contributed by atoms with Crippen molar-refractivity contribution in [3.63, 3.8) is 0 Å². The molecule has 0 saturated carbocycles. The van der Waals surface area contributed by atoms with Crippen LogP contribution in [0, 0.1) is 0 Å². The Morgan fingerprint density at radius 2 is 2.50 bits per heavy atom. The van der Waals surface area contributed by atoms with E-state index in [1.165, 1.54) is 6.20 Å². The third-order valence-corrected chi connectivity index (χ3v) is 2.17. The SMILES string of the molecule is C[C@@H](NCc1ccncc1Cl)C(=O)O. The van der Waals surface area contributed by atoms with E-state index in [1.807, 2.05) is 0 Å². The second-order valence-corrected chi connectivity index (χ2v) is 3.32. The molecule has 5 heteroatoms. The first kappa shape index (κ1) is 10.9. The summed E-state index contributed by atoms with van der Waals surface area (Å²) in [6, 6.07) is 1.17. The number of rotatable bonds is 4. The lowest BCUT2D eigenvalue weighted by Crippen LogP contribution is -2.33. The number of hydrogen-bond acceptors (Lipinski definition) is 3. The van der Waals surface area contributed by atoms with Crippen LogP contribution in [0.2, 0.25) is 5.02 Å². The van der Waals surface area contributed by atoms with Crippen LogP contribution in [0.15, 0.2) is 18.5 Å². The lowest BCUT2D eigenvalue weighted by atomic mass is 10.2. The highest BCUT2D eigenvalue weighted by Crippen LogP contribution is 2.12. The molecule has 14 heavy (non-hydrogen) atoms. The van der Waals surface area contributed by atoms with E-state index >= 15 is 0 Å². The van der Waals surface area contributed by atoms with E-state index < -0.39 is 12.0 Å². The molecule has 0 radical (unpaired) electrons. The summed E-state index contributed by atoms with van der Waals surface area (Å²) in [5, 5.41) is 12.0. The lowest BCUT2D eigenvalue weighted by Gasteiger charge is -2.09. The van der Waals surface area contributed by atoms with Crippen molar-refractivity contribution in [1.29, 1.82) is 0 Å². The first-order chi connectivity index (χ1) is 6.61. The maximum Gasteiger partial charge on any atom is 0.320 e. The van der Waals surface area contributed by atoms with Crippen LogP contribution in [0.3, 0.4) is 0 Å². The van der Waals surface area contributed by atoms with Gasteiger partial charge in [-0.25, -0.2) is 0 Å². The first-order valence-corrected chi connectivity index (χ1v) is 4.53. The smallest absolute Gasteiger partial charge is 0.320 e. The molecule has 4 nitrogen and oxygen atoms in total. The summed E-state index contributed by atoms with van der Waals surface area (Å²) in [7, 11) is 0. The minimum atomic E-state index is -0.879. The molecule has 1 aromatic heterocycles. The summed E-state index contributed by atoms with van der Waals surface area (Å²) in [6.07, 6.45) is 3.15. The predicted molar refractivity (Wildman–Crippen MR) is 53.2 cm³/mol. The van der Waals surface area contributed by atoms with Gasteiger partial charge in [0.15, 0.2) is 0 Å². The largest absolute Gasteiger partial charge is 0.480 e. The zero-order chi connectivity index (χ0) is 10.6. The van der Waals surface area contributed by atoms with Crippen LogP contribution in [0.25, 0.3) is 0 Å². The van der Waals surface area contributed by atoms with Crippen LogP contribution < -0.4 is 5.32 Å².